The van der Waals surface area contributed by atoms with E-state index in [1.807, 2.05) is 0 Å². The number of aliphatic hydroxyl groups is 1. The van der Waals surface area contributed by atoms with E-state index in [1.54, 1.807) is 0 Å². The fraction of sp³-hybridized carbons (Fsp3) is 1.00. The molecule has 15 heavy (non-hydrogen) atoms. The first kappa shape index (κ1) is 13.0. The summed E-state index contributed by atoms with van der Waals surface area (Å²) < 4.78 is 0. The summed E-state index contributed by atoms with van der Waals surface area (Å²) in [4.78, 5) is 0. The smallest absolute Gasteiger partial charge is 0.0797 e. The van der Waals surface area contributed by atoms with Crippen molar-refractivity contribution in [2.75, 3.05) is 6.54 Å². The Morgan fingerprint density at radius 3 is 2.60 bits per heavy atom. The SMILES string of the molecule is CCCC(O)(CN)C1CCCC(CC)C1. The van der Waals surface area contributed by atoms with E-state index >= 15 is 0 Å². The van der Waals surface area contributed by atoms with Crippen LogP contribution in [0.15, 0.2) is 0 Å². The summed E-state index contributed by atoms with van der Waals surface area (Å²) >= 11 is 0. The Morgan fingerprint density at radius 1 is 1.33 bits per heavy atom. The van der Waals surface area contributed by atoms with Gasteiger partial charge in [0.15, 0.2) is 0 Å². The highest BCUT2D eigenvalue weighted by Crippen LogP contribution is 2.38. The van der Waals surface area contributed by atoms with Crippen LogP contribution in [0, 0.1) is 11.8 Å². The fourth-order valence-corrected chi connectivity index (χ4v) is 3.06. The number of nitrogens with two attached hydrogens (primary N) is 1. The first-order valence-corrected chi connectivity index (χ1v) is 6.58. The topological polar surface area (TPSA) is 46.2 Å². The average molecular weight is 213 g/mol. The third-order valence-electron chi connectivity index (χ3n) is 4.16. The Bertz CT molecular complexity index is 183. The van der Waals surface area contributed by atoms with Crippen LogP contribution in [-0.2, 0) is 0 Å². The van der Waals surface area contributed by atoms with Gasteiger partial charge in [0, 0.05) is 6.54 Å². The molecule has 0 aromatic rings. The molecule has 0 bridgehead atoms. The molecule has 0 saturated heterocycles. The van der Waals surface area contributed by atoms with Gasteiger partial charge in [0.25, 0.3) is 0 Å². The maximum atomic E-state index is 10.5. The molecule has 2 heteroatoms. The fourth-order valence-electron chi connectivity index (χ4n) is 3.06. The molecule has 0 amide bonds. The van der Waals surface area contributed by atoms with E-state index in [0.717, 1.165) is 18.8 Å². The summed E-state index contributed by atoms with van der Waals surface area (Å²) in [6.07, 6.45) is 8.12. The molecule has 0 radical (unpaired) electrons. The van der Waals surface area contributed by atoms with Gasteiger partial charge in [0.05, 0.1) is 5.60 Å². The summed E-state index contributed by atoms with van der Waals surface area (Å²) in [7, 11) is 0. The molecule has 0 aromatic heterocycles. The Morgan fingerprint density at radius 2 is 2.07 bits per heavy atom. The van der Waals surface area contributed by atoms with Crippen LogP contribution in [0.4, 0.5) is 0 Å². The zero-order valence-electron chi connectivity index (χ0n) is 10.3. The van der Waals surface area contributed by atoms with Crippen LogP contribution in [0.3, 0.4) is 0 Å². The van der Waals surface area contributed by atoms with Crippen molar-refractivity contribution < 1.29 is 5.11 Å². The van der Waals surface area contributed by atoms with Crippen molar-refractivity contribution in [1.82, 2.24) is 0 Å². The van der Waals surface area contributed by atoms with Crippen LogP contribution in [-0.4, -0.2) is 17.3 Å². The lowest BCUT2D eigenvalue weighted by atomic mass is 9.70. The zero-order valence-corrected chi connectivity index (χ0v) is 10.3. The molecule has 1 aliphatic rings. The largest absolute Gasteiger partial charge is 0.388 e. The van der Waals surface area contributed by atoms with Crippen LogP contribution >= 0.6 is 0 Å². The third kappa shape index (κ3) is 3.18. The van der Waals surface area contributed by atoms with E-state index in [2.05, 4.69) is 13.8 Å². The van der Waals surface area contributed by atoms with Crippen molar-refractivity contribution in [3.05, 3.63) is 0 Å². The highest BCUT2D eigenvalue weighted by atomic mass is 16.3. The summed E-state index contributed by atoms with van der Waals surface area (Å²) in [6.45, 7) is 4.82. The summed E-state index contributed by atoms with van der Waals surface area (Å²) in [5, 5.41) is 10.5. The van der Waals surface area contributed by atoms with Gasteiger partial charge in [-0.05, 0) is 31.1 Å². The molecule has 2 nitrogen and oxygen atoms in total. The lowest BCUT2D eigenvalue weighted by molar-refractivity contribution is -0.0411. The van der Waals surface area contributed by atoms with Gasteiger partial charge >= 0.3 is 0 Å². The molecule has 0 aromatic carbocycles. The van der Waals surface area contributed by atoms with Crippen molar-refractivity contribution in [1.29, 1.82) is 0 Å². The standard InChI is InChI=1S/C13H27NO/c1-3-8-13(15,10-14)12-7-5-6-11(4-2)9-12/h11-12,15H,3-10,14H2,1-2H3. The van der Waals surface area contributed by atoms with Gasteiger partial charge in [0.2, 0.25) is 0 Å². The molecular formula is C13H27NO. The van der Waals surface area contributed by atoms with Gasteiger partial charge in [0.1, 0.15) is 0 Å². The minimum Gasteiger partial charge on any atom is -0.388 e. The van der Waals surface area contributed by atoms with Gasteiger partial charge < -0.3 is 10.8 Å². The molecule has 90 valence electrons. The van der Waals surface area contributed by atoms with Crippen molar-refractivity contribution in [2.45, 2.75) is 64.4 Å². The monoisotopic (exact) mass is 213 g/mol. The molecule has 1 fully saturated rings. The normalized spacial score (nSPS) is 31.2. The van der Waals surface area contributed by atoms with Gasteiger partial charge in [-0.15, -0.1) is 0 Å². The second kappa shape index (κ2) is 5.86. The molecule has 3 atom stereocenters. The summed E-state index contributed by atoms with van der Waals surface area (Å²) in [5.41, 5.74) is 5.18. The Kier molecular flexibility index (Phi) is 5.07. The molecule has 3 N–H and O–H groups in total. The van der Waals surface area contributed by atoms with E-state index in [4.69, 9.17) is 5.73 Å². The summed E-state index contributed by atoms with van der Waals surface area (Å²) in [6, 6.07) is 0. The highest BCUT2D eigenvalue weighted by molar-refractivity contribution is 4.90. The quantitative estimate of drug-likeness (QED) is 0.737. The van der Waals surface area contributed by atoms with E-state index in [0.29, 0.717) is 12.5 Å². The van der Waals surface area contributed by atoms with E-state index in [-0.39, 0.29) is 0 Å². The first-order valence-electron chi connectivity index (χ1n) is 6.58. The van der Waals surface area contributed by atoms with Gasteiger partial charge in [-0.25, -0.2) is 0 Å². The van der Waals surface area contributed by atoms with Gasteiger partial charge in [-0.1, -0.05) is 39.5 Å². The average Bonchev–Trinajstić information content (AvgIpc) is 2.29. The van der Waals surface area contributed by atoms with Crippen molar-refractivity contribution in [3.8, 4) is 0 Å². The first-order chi connectivity index (χ1) is 7.16. The molecule has 0 aliphatic heterocycles. The Hall–Kier alpha value is -0.0800. The molecular weight excluding hydrogens is 186 g/mol. The lowest BCUT2D eigenvalue weighted by Gasteiger charge is -2.40. The molecule has 0 spiro atoms. The molecule has 1 rings (SSSR count). The van der Waals surface area contributed by atoms with Crippen LogP contribution in [0.5, 0.6) is 0 Å². The second-order valence-corrected chi connectivity index (χ2v) is 5.20. The van der Waals surface area contributed by atoms with Crippen LogP contribution < -0.4 is 5.73 Å². The Balaban J connectivity index is 2.58. The minimum atomic E-state index is -0.581. The predicted octanol–water partition coefficient (Wildman–Crippen LogP) is 2.69. The summed E-state index contributed by atoms with van der Waals surface area (Å²) in [5.74, 6) is 1.26. The van der Waals surface area contributed by atoms with Crippen molar-refractivity contribution in [2.24, 2.45) is 17.6 Å². The van der Waals surface area contributed by atoms with Crippen LogP contribution in [0.2, 0.25) is 0 Å². The predicted molar refractivity (Wildman–Crippen MR) is 64.7 cm³/mol. The molecule has 1 saturated carbocycles. The van der Waals surface area contributed by atoms with Gasteiger partial charge in [-0.3, -0.25) is 0 Å². The highest BCUT2D eigenvalue weighted by Gasteiger charge is 2.37. The molecule has 0 heterocycles. The van der Waals surface area contributed by atoms with E-state index in [9.17, 15) is 5.11 Å². The minimum absolute atomic E-state index is 0.432. The number of hydrogen-bond donors (Lipinski definition) is 2. The maximum Gasteiger partial charge on any atom is 0.0797 e. The number of rotatable bonds is 5. The van der Waals surface area contributed by atoms with E-state index in [1.165, 1.54) is 32.1 Å². The van der Waals surface area contributed by atoms with Crippen LogP contribution in [0.1, 0.15) is 58.8 Å². The maximum absolute atomic E-state index is 10.5. The van der Waals surface area contributed by atoms with Crippen LogP contribution in [0.25, 0.3) is 0 Å². The lowest BCUT2D eigenvalue weighted by Crippen LogP contribution is -2.46. The van der Waals surface area contributed by atoms with Crippen molar-refractivity contribution >= 4 is 0 Å². The zero-order chi connectivity index (χ0) is 11.3. The van der Waals surface area contributed by atoms with Gasteiger partial charge in [-0.2, -0.15) is 0 Å². The second-order valence-electron chi connectivity index (χ2n) is 5.20. The molecule has 1 aliphatic carbocycles. The third-order valence-corrected chi connectivity index (χ3v) is 4.16. The Labute approximate surface area is 94.2 Å². The molecule has 3 unspecified atom stereocenters. The van der Waals surface area contributed by atoms with E-state index < -0.39 is 5.60 Å². The van der Waals surface area contributed by atoms with Crippen molar-refractivity contribution in [3.63, 3.8) is 0 Å². The number of hydrogen-bond acceptors (Lipinski definition) is 2.